The van der Waals surface area contributed by atoms with E-state index in [-0.39, 0.29) is 24.3 Å². The molecule has 0 bridgehead atoms. The fraction of sp³-hybridized carbons (Fsp3) is 0.500. The molecule has 1 aliphatic heterocycles. The van der Waals surface area contributed by atoms with Gasteiger partial charge in [0.25, 0.3) is 0 Å². The highest BCUT2D eigenvalue weighted by Gasteiger charge is 2.47. The van der Waals surface area contributed by atoms with E-state index in [2.05, 4.69) is 5.32 Å². The first kappa shape index (κ1) is 14.6. The summed E-state index contributed by atoms with van der Waals surface area (Å²) in [5, 5.41) is 2.94. The lowest BCUT2D eigenvalue weighted by Crippen LogP contribution is -2.42. The van der Waals surface area contributed by atoms with Crippen LogP contribution in [0.5, 0.6) is 0 Å². The smallest absolute Gasteiger partial charge is 0.237 e. The normalized spacial score (nSPS) is 22.6. The summed E-state index contributed by atoms with van der Waals surface area (Å²) in [7, 11) is 1.76. The van der Waals surface area contributed by atoms with Gasteiger partial charge in [-0.1, -0.05) is 25.1 Å². The van der Waals surface area contributed by atoms with Gasteiger partial charge in [0, 0.05) is 25.2 Å². The molecule has 0 saturated carbocycles. The predicted octanol–water partition coefficient (Wildman–Crippen LogP) is 2.23. The topological polar surface area (TPSA) is 49.4 Å². The highest BCUT2D eigenvalue weighted by atomic mass is 16.2. The Bertz CT molecular complexity index is 541. The van der Waals surface area contributed by atoms with E-state index >= 15 is 0 Å². The number of fused-ring (bicyclic) bond motifs is 1. The molecule has 0 fully saturated rings. The van der Waals surface area contributed by atoms with E-state index in [1.165, 1.54) is 0 Å². The largest absolute Gasteiger partial charge is 0.354 e. The molecular formula is C16H22N2O2. The van der Waals surface area contributed by atoms with Gasteiger partial charge in [-0.15, -0.1) is 0 Å². The highest BCUT2D eigenvalue weighted by Crippen LogP contribution is 2.42. The first-order valence-corrected chi connectivity index (χ1v) is 7.07. The van der Waals surface area contributed by atoms with Gasteiger partial charge < -0.3 is 10.2 Å². The molecule has 0 spiro atoms. The fourth-order valence-corrected chi connectivity index (χ4v) is 2.75. The molecule has 4 heteroatoms. The summed E-state index contributed by atoms with van der Waals surface area (Å²) >= 11 is 0. The minimum absolute atomic E-state index is 0.0157. The van der Waals surface area contributed by atoms with E-state index in [4.69, 9.17) is 0 Å². The maximum absolute atomic E-state index is 12.5. The van der Waals surface area contributed by atoms with Crippen LogP contribution in [-0.4, -0.2) is 24.9 Å². The number of anilines is 1. The number of likely N-dealkylation sites (N-methyl/N-ethyl adjacent to an activating group) is 1. The fourth-order valence-electron chi connectivity index (χ4n) is 2.75. The van der Waals surface area contributed by atoms with Crippen LogP contribution in [0, 0.1) is 0 Å². The summed E-state index contributed by atoms with van der Waals surface area (Å²) < 4.78 is 0. The lowest BCUT2D eigenvalue weighted by Gasteiger charge is -2.23. The maximum atomic E-state index is 12.5. The number of nitrogens with zero attached hydrogens (tertiary/aromatic N) is 1. The summed E-state index contributed by atoms with van der Waals surface area (Å²) in [4.78, 5) is 26.3. The average Bonchev–Trinajstić information content (AvgIpc) is 2.61. The van der Waals surface area contributed by atoms with Gasteiger partial charge in [0.05, 0.1) is 5.41 Å². The molecule has 1 heterocycles. The summed E-state index contributed by atoms with van der Waals surface area (Å²) in [6.07, 6.45) is 1.07. The lowest BCUT2D eigenvalue weighted by atomic mass is 9.80. The standard InChI is InChI=1S/C16H22N2O2/c1-5-11(2)17-14(19)10-16(3)12-8-6-7-9-13(12)18(4)15(16)20/h6-9,11H,5,10H2,1-4H3,(H,17,19)/t11-,16-/m1/s1. The number of hydrogen-bond acceptors (Lipinski definition) is 2. The Labute approximate surface area is 120 Å². The number of amides is 2. The maximum Gasteiger partial charge on any atom is 0.237 e. The van der Waals surface area contributed by atoms with Crippen molar-refractivity contribution in [2.75, 3.05) is 11.9 Å². The molecule has 0 unspecified atom stereocenters. The summed E-state index contributed by atoms with van der Waals surface area (Å²) in [5.74, 6) is -0.0849. The molecule has 2 amide bonds. The van der Waals surface area contributed by atoms with Crippen molar-refractivity contribution in [3.63, 3.8) is 0 Å². The first-order chi connectivity index (χ1) is 9.40. The van der Waals surface area contributed by atoms with Crippen molar-refractivity contribution in [2.24, 2.45) is 0 Å². The third-order valence-electron chi connectivity index (χ3n) is 4.17. The van der Waals surface area contributed by atoms with Crippen LogP contribution in [0.25, 0.3) is 0 Å². The molecule has 2 atom stereocenters. The Balaban J connectivity index is 2.26. The van der Waals surface area contributed by atoms with Crippen LogP contribution in [0.1, 0.15) is 39.2 Å². The number of nitrogens with one attached hydrogen (secondary N) is 1. The Hall–Kier alpha value is -1.84. The van der Waals surface area contributed by atoms with Crippen LogP contribution in [0.3, 0.4) is 0 Å². The van der Waals surface area contributed by atoms with Crippen molar-refractivity contribution in [2.45, 2.75) is 45.1 Å². The molecular weight excluding hydrogens is 252 g/mol. The van der Waals surface area contributed by atoms with Gasteiger partial charge >= 0.3 is 0 Å². The van der Waals surface area contributed by atoms with Gasteiger partial charge in [-0.05, 0) is 31.9 Å². The van der Waals surface area contributed by atoms with E-state index in [0.29, 0.717) is 0 Å². The Morgan fingerprint density at radius 3 is 2.70 bits per heavy atom. The summed E-state index contributed by atoms with van der Waals surface area (Å²) in [6, 6.07) is 7.82. The molecule has 0 radical (unpaired) electrons. The van der Waals surface area contributed by atoms with Gasteiger partial charge in [-0.3, -0.25) is 9.59 Å². The number of hydrogen-bond donors (Lipinski definition) is 1. The first-order valence-electron chi connectivity index (χ1n) is 7.07. The molecule has 2 rings (SSSR count). The van der Waals surface area contributed by atoms with Crippen molar-refractivity contribution in [3.8, 4) is 0 Å². The zero-order valence-corrected chi connectivity index (χ0v) is 12.6. The summed E-state index contributed by atoms with van der Waals surface area (Å²) in [6.45, 7) is 5.85. The molecule has 108 valence electrons. The third kappa shape index (κ3) is 2.30. The Kier molecular flexibility index (Phi) is 3.84. The predicted molar refractivity (Wildman–Crippen MR) is 79.7 cm³/mol. The van der Waals surface area contributed by atoms with Crippen LogP contribution < -0.4 is 10.2 Å². The monoisotopic (exact) mass is 274 g/mol. The van der Waals surface area contributed by atoms with Crippen molar-refractivity contribution in [1.82, 2.24) is 5.32 Å². The van der Waals surface area contributed by atoms with Crippen molar-refractivity contribution < 1.29 is 9.59 Å². The van der Waals surface area contributed by atoms with E-state index in [1.54, 1.807) is 11.9 Å². The second kappa shape index (κ2) is 5.27. The average molecular weight is 274 g/mol. The van der Waals surface area contributed by atoms with Gasteiger partial charge in [-0.25, -0.2) is 0 Å². The van der Waals surface area contributed by atoms with E-state index in [0.717, 1.165) is 17.7 Å². The number of benzene rings is 1. The van der Waals surface area contributed by atoms with Crippen LogP contribution in [0.4, 0.5) is 5.69 Å². The minimum atomic E-state index is -0.761. The number of para-hydroxylation sites is 1. The van der Waals surface area contributed by atoms with E-state index in [1.807, 2.05) is 45.0 Å². The molecule has 0 aliphatic carbocycles. The van der Waals surface area contributed by atoms with Crippen molar-refractivity contribution in [1.29, 1.82) is 0 Å². The zero-order chi connectivity index (χ0) is 14.9. The molecule has 20 heavy (non-hydrogen) atoms. The molecule has 1 aromatic carbocycles. The van der Waals surface area contributed by atoms with Crippen LogP contribution in [-0.2, 0) is 15.0 Å². The lowest BCUT2D eigenvalue weighted by molar-refractivity contribution is -0.129. The van der Waals surface area contributed by atoms with Gasteiger partial charge in [-0.2, -0.15) is 0 Å². The zero-order valence-electron chi connectivity index (χ0n) is 12.6. The second-order valence-electron chi connectivity index (χ2n) is 5.77. The van der Waals surface area contributed by atoms with Crippen molar-refractivity contribution in [3.05, 3.63) is 29.8 Å². The molecule has 1 aliphatic rings. The Morgan fingerprint density at radius 2 is 2.05 bits per heavy atom. The number of carbonyl (C=O) groups is 2. The van der Waals surface area contributed by atoms with Gasteiger partial charge in [0.2, 0.25) is 11.8 Å². The van der Waals surface area contributed by atoms with Gasteiger partial charge in [0.1, 0.15) is 0 Å². The third-order valence-corrected chi connectivity index (χ3v) is 4.17. The van der Waals surface area contributed by atoms with Crippen LogP contribution in [0.2, 0.25) is 0 Å². The second-order valence-corrected chi connectivity index (χ2v) is 5.77. The van der Waals surface area contributed by atoms with Crippen LogP contribution in [0.15, 0.2) is 24.3 Å². The minimum Gasteiger partial charge on any atom is -0.354 e. The molecule has 0 saturated heterocycles. The van der Waals surface area contributed by atoms with Crippen LogP contribution >= 0.6 is 0 Å². The summed E-state index contributed by atoms with van der Waals surface area (Å²) in [5.41, 5.74) is 1.08. The SMILES string of the molecule is CC[C@@H](C)NC(=O)C[C@@]1(C)C(=O)N(C)c2ccccc21. The quantitative estimate of drug-likeness (QED) is 0.915. The molecule has 4 nitrogen and oxygen atoms in total. The number of carbonyl (C=O) groups excluding carboxylic acids is 2. The van der Waals surface area contributed by atoms with E-state index < -0.39 is 5.41 Å². The van der Waals surface area contributed by atoms with Crippen molar-refractivity contribution >= 4 is 17.5 Å². The van der Waals surface area contributed by atoms with E-state index in [9.17, 15) is 9.59 Å². The number of rotatable bonds is 4. The Morgan fingerprint density at radius 1 is 1.40 bits per heavy atom. The molecule has 1 N–H and O–H groups in total. The molecule has 0 aromatic heterocycles. The highest BCUT2D eigenvalue weighted by molar-refractivity contribution is 6.09. The molecule has 1 aromatic rings. The van der Waals surface area contributed by atoms with Gasteiger partial charge in [0.15, 0.2) is 0 Å².